The summed E-state index contributed by atoms with van der Waals surface area (Å²) in [7, 11) is 0. The summed E-state index contributed by atoms with van der Waals surface area (Å²) in [5.41, 5.74) is -1.26. The molecule has 0 aromatic carbocycles. The molecule has 0 rings (SSSR count). The summed E-state index contributed by atoms with van der Waals surface area (Å²) in [6, 6.07) is 1.94. The fourth-order valence-corrected chi connectivity index (χ4v) is 2.74. The van der Waals surface area contributed by atoms with Gasteiger partial charge in [0, 0.05) is 17.9 Å². The number of carbonyl (C=O) groups is 2. The van der Waals surface area contributed by atoms with Gasteiger partial charge < -0.3 is 5.11 Å². The van der Waals surface area contributed by atoms with Crippen LogP contribution in [0.1, 0.15) is 32.6 Å². The molecule has 96 valence electrons. The number of rotatable bonds is 8. The van der Waals surface area contributed by atoms with E-state index in [-0.39, 0.29) is 23.7 Å². The molecule has 4 nitrogen and oxygen atoms in total. The molecule has 0 saturated heterocycles. The summed E-state index contributed by atoms with van der Waals surface area (Å²) >= 11 is 5.12. The molecule has 0 aliphatic heterocycles. The number of thioether (sulfide) groups is 1. The van der Waals surface area contributed by atoms with Crippen molar-refractivity contribution in [3.8, 4) is 6.07 Å². The molecule has 0 fully saturated rings. The van der Waals surface area contributed by atoms with E-state index in [1.54, 1.807) is 0 Å². The van der Waals surface area contributed by atoms with Crippen LogP contribution in [0.2, 0.25) is 0 Å². The predicted molar refractivity (Wildman–Crippen MR) is 71.1 cm³/mol. The van der Waals surface area contributed by atoms with Crippen molar-refractivity contribution in [3.05, 3.63) is 0 Å². The Morgan fingerprint density at radius 2 is 2.18 bits per heavy atom. The lowest BCUT2D eigenvalue weighted by atomic mass is 9.88. The monoisotopic (exact) mass is 275 g/mol. The topological polar surface area (TPSA) is 78.2 Å². The molecule has 0 bridgehead atoms. The highest BCUT2D eigenvalue weighted by Gasteiger charge is 2.37. The van der Waals surface area contributed by atoms with Crippen LogP contribution in [0.4, 0.5) is 0 Å². The summed E-state index contributed by atoms with van der Waals surface area (Å²) in [4.78, 5) is 22.4. The van der Waals surface area contributed by atoms with Gasteiger partial charge in [0.05, 0.1) is 6.07 Å². The van der Waals surface area contributed by atoms with Gasteiger partial charge in [0.2, 0.25) is 5.12 Å². The summed E-state index contributed by atoms with van der Waals surface area (Å²) in [6.07, 6.45) is 1.73. The van der Waals surface area contributed by atoms with Gasteiger partial charge in [-0.1, -0.05) is 25.1 Å². The third-order valence-corrected chi connectivity index (χ3v) is 4.06. The SMILES string of the molecule is CCCCSC(=O)C(C#N)(CS)CCC(=O)O. The lowest BCUT2D eigenvalue weighted by Crippen LogP contribution is -2.30. The van der Waals surface area contributed by atoms with Gasteiger partial charge in [-0.05, 0) is 12.8 Å². The molecule has 0 aromatic heterocycles. The van der Waals surface area contributed by atoms with Crippen molar-refractivity contribution in [2.75, 3.05) is 11.5 Å². The minimum absolute atomic E-state index is 0.0281. The highest BCUT2D eigenvalue weighted by Crippen LogP contribution is 2.31. The second-order valence-corrected chi connectivity index (χ2v) is 5.12. The Labute approximate surface area is 111 Å². The van der Waals surface area contributed by atoms with Crippen LogP contribution in [-0.2, 0) is 9.59 Å². The average Bonchev–Trinajstić information content (AvgIpc) is 2.31. The number of carboxylic acids is 1. The fraction of sp³-hybridized carbons (Fsp3) is 0.727. The number of carbonyl (C=O) groups excluding carboxylic acids is 1. The Morgan fingerprint density at radius 3 is 2.59 bits per heavy atom. The third kappa shape index (κ3) is 5.46. The fourth-order valence-electron chi connectivity index (χ4n) is 1.15. The first kappa shape index (κ1) is 16.3. The number of unbranched alkanes of at least 4 members (excludes halogenated alkanes) is 1. The summed E-state index contributed by atoms with van der Waals surface area (Å²) in [6.45, 7) is 2.02. The van der Waals surface area contributed by atoms with Crippen molar-refractivity contribution >= 4 is 35.5 Å². The lowest BCUT2D eigenvalue weighted by molar-refractivity contribution is -0.137. The molecule has 6 heteroatoms. The van der Waals surface area contributed by atoms with Crippen LogP contribution in [0.5, 0.6) is 0 Å². The Morgan fingerprint density at radius 1 is 1.53 bits per heavy atom. The molecule has 1 unspecified atom stereocenters. The zero-order chi connectivity index (χ0) is 13.3. The minimum atomic E-state index is -1.26. The summed E-state index contributed by atoms with van der Waals surface area (Å²) in [5, 5.41) is 17.4. The van der Waals surface area contributed by atoms with E-state index in [1.165, 1.54) is 0 Å². The second kappa shape index (κ2) is 8.43. The van der Waals surface area contributed by atoms with Crippen molar-refractivity contribution in [2.45, 2.75) is 32.6 Å². The standard InChI is InChI=1S/C11H17NO3S2/c1-2-3-6-17-10(15)11(7-12,8-16)5-4-9(13)14/h16H,2-6,8H2,1H3,(H,13,14). The van der Waals surface area contributed by atoms with Gasteiger partial charge in [0.15, 0.2) is 0 Å². The van der Waals surface area contributed by atoms with Crippen LogP contribution in [0, 0.1) is 16.7 Å². The Hall–Kier alpha value is -0.670. The quantitative estimate of drug-likeness (QED) is 0.525. The summed E-state index contributed by atoms with van der Waals surface area (Å²) in [5.74, 6) is -0.272. The van der Waals surface area contributed by atoms with Gasteiger partial charge in [-0.2, -0.15) is 17.9 Å². The molecule has 17 heavy (non-hydrogen) atoms. The normalized spacial score (nSPS) is 13.7. The maximum Gasteiger partial charge on any atom is 0.303 e. The predicted octanol–water partition coefficient (Wildman–Crippen LogP) is 2.35. The van der Waals surface area contributed by atoms with Gasteiger partial charge in [0.1, 0.15) is 5.41 Å². The second-order valence-electron chi connectivity index (χ2n) is 3.74. The van der Waals surface area contributed by atoms with E-state index in [0.717, 1.165) is 24.6 Å². The third-order valence-electron chi connectivity index (χ3n) is 2.37. The number of hydrogen-bond donors (Lipinski definition) is 2. The van der Waals surface area contributed by atoms with E-state index in [0.29, 0.717) is 5.75 Å². The van der Waals surface area contributed by atoms with Gasteiger partial charge in [-0.25, -0.2) is 0 Å². The van der Waals surface area contributed by atoms with Gasteiger partial charge >= 0.3 is 5.97 Å². The van der Waals surface area contributed by atoms with Gasteiger partial charge in [-0.15, -0.1) is 0 Å². The first-order chi connectivity index (χ1) is 8.02. The van der Waals surface area contributed by atoms with Gasteiger partial charge in [-0.3, -0.25) is 9.59 Å². The Kier molecular flexibility index (Phi) is 8.09. The highest BCUT2D eigenvalue weighted by atomic mass is 32.2. The molecular formula is C11H17NO3S2. The average molecular weight is 275 g/mol. The van der Waals surface area contributed by atoms with Crippen molar-refractivity contribution in [1.82, 2.24) is 0 Å². The Bertz CT molecular complexity index is 314. The van der Waals surface area contributed by atoms with Crippen molar-refractivity contribution < 1.29 is 14.7 Å². The van der Waals surface area contributed by atoms with Crippen molar-refractivity contribution in [3.63, 3.8) is 0 Å². The number of carboxylic acid groups (broad SMARTS) is 1. The van der Waals surface area contributed by atoms with E-state index >= 15 is 0 Å². The van der Waals surface area contributed by atoms with Crippen LogP contribution in [-0.4, -0.2) is 27.7 Å². The van der Waals surface area contributed by atoms with E-state index < -0.39 is 11.4 Å². The smallest absolute Gasteiger partial charge is 0.303 e. The molecular weight excluding hydrogens is 258 g/mol. The number of hydrogen-bond acceptors (Lipinski definition) is 5. The first-order valence-corrected chi connectivity index (χ1v) is 7.05. The lowest BCUT2D eigenvalue weighted by Gasteiger charge is -2.21. The van der Waals surface area contributed by atoms with E-state index in [4.69, 9.17) is 10.4 Å². The van der Waals surface area contributed by atoms with E-state index in [1.807, 2.05) is 13.0 Å². The summed E-state index contributed by atoms with van der Waals surface area (Å²) < 4.78 is 0. The molecule has 0 aliphatic rings. The molecule has 1 atom stereocenters. The van der Waals surface area contributed by atoms with Crippen molar-refractivity contribution in [1.29, 1.82) is 5.26 Å². The number of nitriles is 1. The van der Waals surface area contributed by atoms with Crippen LogP contribution < -0.4 is 0 Å². The molecule has 0 spiro atoms. The zero-order valence-electron chi connectivity index (χ0n) is 9.81. The van der Waals surface area contributed by atoms with Crippen LogP contribution in [0.3, 0.4) is 0 Å². The van der Waals surface area contributed by atoms with Crippen LogP contribution >= 0.6 is 24.4 Å². The minimum Gasteiger partial charge on any atom is -0.481 e. The molecule has 1 N–H and O–H groups in total. The van der Waals surface area contributed by atoms with E-state index in [9.17, 15) is 9.59 Å². The number of aliphatic carboxylic acids is 1. The van der Waals surface area contributed by atoms with Gasteiger partial charge in [0.25, 0.3) is 0 Å². The zero-order valence-corrected chi connectivity index (χ0v) is 11.5. The maximum absolute atomic E-state index is 11.9. The largest absolute Gasteiger partial charge is 0.481 e. The number of nitrogens with zero attached hydrogens (tertiary/aromatic N) is 1. The molecule has 0 aromatic rings. The molecule has 0 radical (unpaired) electrons. The van der Waals surface area contributed by atoms with Crippen LogP contribution in [0.25, 0.3) is 0 Å². The molecule has 0 aliphatic carbocycles. The Balaban J connectivity index is 4.52. The highest BCUT2D eigenvalue weighted by molar-refractivity contribution is 8.13. The van der Waals surface area contributed by atoms with Crippen molar-refractivity contribution in [2.24, 2.45) is 5.41 Å². The first-order valence-electron chi connectivity index (χ1n) is 5.43. The molecule has 0 heterocycles. The van der Waals surface area contributed by atoms with E-state index in [2.05, 4.69) is 12.6 Å². The molecule has 0 amide bonds. The molecule has 0 saturated carbocycles. The maximum atomic E-state index is 11.9. The van der Waals surface area contributed by atoms with Crippen LogP contribution in [0.15, 0.2) is 0 Å². The number of thiol groups is 1.